The Morgan fingerprint density at radius 3 is 2.71 bits per heavy atom. The van der Waals surface area contributed by atoms with Gasteiger partial charge in [-0.1, -0.05) is 0 Å². The molecule has 0 saturated heterocycles. The summed E-state index contributed by atoms with van der Waals surface area (Å²) in [4.78, 5) is 16.1. The molecule has 0 spiro atoms. The normalized spacial score (nSPS) is 10.6. The zero-order valence-corrected chi connectivity index (χ0v) is 8.88. The number of aromatic hydroxyl groups is 1. The number of aromatic nitrogens is 1. The Bertz CT molecular complexity index is 388. The number of amides is 1. The van der Waals surface area contributed by atoms with Crippen LogP contribution in [0.25, 0.3) is 0 Å². The minimum absolute atomic E-state index is 0.000833. The van der Waals surface area contributed by atoms with Crippen LogP contribution in [-0.2, 0) is 0 Å². The molecule has 0 aliphatic heterocycles. The van der Waals surface area contributed by atoms with Crippen molar-refractivity contribution >= 4 is 5.91 Å². The van der Waals surface area contributed by atoms with E-state index in [0.29, 0.717) is 0 Å². The molecule has 0 bridgehead atoms. The first-order chi connectivity index (χ1) is 8.04. The third-order valence-electron chi connectivity index (χ3n) is 1.99. The van der Waals surface area contributed by atoms with E-state index in [1.807, 2.05) is 0 Å². The van der Waals surface area contributed by atoms with E-state index in [0.717, 1.165) is 23.4 Å². The first-order valence-electron chi connectivity index (χ1n) is 4.87. The fourth-order valence-electron chi connectivity index (χ4n) is 1.29. The fourth-order valence-corrected chi connectivity index (χ4v) is 1.29. The lowest BCUT2D eigenvalue weighted by Crippen LogP contribution is -2.37. The molecule has 0 radical (unpaired) electrons. The molecule has 0 saturated carbocycles. The number of aliphatic hydroxyl groups excluding tert-OH is 1. The molecule has 0 aliphatic carbocycles. The van der Waals surface area contributed by atoms with Crippen LogP contribution < -0.4 is 0 Å². The molecule has 1 amide bonds. The van der Waals surface area contributed by atoms with Crippen LogP contribution in [0.5, 0.6) is 5.75 Å². The van der Waals surface area contributed by atoms with Gasteiger partial charge in [-0.2, -0.15) is 0 Å². The first kappa shape index (κ1) is 13.3. The van der Waals surface area contributed by atoms with Crippen LogP contribution in [0.3, 0.4) is 0 Å². The highest BCUT2D eigenvalue weighted by Crippen LogP contribution is 2.12. The molecule has 2 N–H and O–H groups in total. The van der Waals surface area contributed by atoms with Gasteiger partial charge in [-0.25, -0.2) is 8.78 Å². The van der Waals surface area contributed by atoms with E-state index in [1.165, 1.54) is 0 Å². The van der Waals surface area contributed by atoms with E-state index in [2.05, 4.69) is 4.98 Å². The number of hydrogen-bond donors (Lipinski definition) is 2. The summed E-state index contributed by atoms with van der Waals surface area (Å²) < 4.78 is 24.4. The zero-order chi connectivity index (χ0) is 12.8. The summed E-state index contributed by atoms with van der Waals surface area (Å²) in [5.41, 5.74) is -0.000833. The minimum atomic E-state index is -2.68. The molecule has 94 valence electrons. The van der Waals surface area contributed by atoms with E-state index >= 15 is 0 Å². The SMILES string of the molecule is O=C(c1cncc(O)c1)N(CCO)CC(F)F. The monoisotopic (exact) mass is 246 g/mol. The largest absolute Gasteiger partial charge is 0.506 e. The fraction of sp³-hybridized carbons (Fsp3) is 0.400. The van der Waals surface area contributed by atoms with Crippen molar-refractivity contribution in [2.24, 2.45) is 0 Å². The van der Waals surface area contributed by atoms with Crippen molar-refractivity contribution in [3.63, 3.8) is 0 Å². The van der Waals surface area contributed by atoms with Crippen LogP contribution in [0.2, 0.25) is 0 Å². The predicted molar refractivity (Wildman–Crippen MR) is 54.9 cm³/mol. The lowest BCUT2D eigenvalue weighted by Gasteiger charge is -2.21. The second-order valence-electron chi connectivity index (χ2n) is 3.30. The van der Waals surface area contributed by atoms with Gasteiger partial charge in [-0.3, -0.25) is 9.78 Å². The standard InChI is InChI=1S/C10H12F2N2O3/c11-9(12)6-14(1-2-15)10(17)7-3-8(16)5-13-4-7/h3-5,9,15-16H,1-2,6H2. The quantitative estimate of drug-likeness (QED) is 0.792. The molecule has 0 unspecified atom stereocenters. The van der Waals surface area contributed by atoms with Crippen molar-refractivity contribution in [2.75, 3.05) is 19.7 Å². The smallest absolute Gasteiger partial charge is 0.255 e. The van der Waals surface area contributed by atoms with Gasteiger partial charge in [-0.15, -0.1) is 0 Å². The average Bonchev–Trinajstić information content (AvgIpc) is 2.27. The summed E-state index contributed by atoms with van der Waals surface area (Å²) >= 11 is 0. The Balaban J connectivity index is 2.83. The van der Waals surface area contributed by atoms with Crippen molar-refractivity contribution in [3.8, 4) is 5.75 Å². The number of aliphatic hydroxyl groups is 1. The molecule has 0 fully saturated rings. The summed E-state index contributed by atoms with van der Waals surface area (Å²) in [5, 5.41) is 17.8. The van der Waals surface area contributed by atoms with E-state index in [4.69, 9.17) is 10.2 Å². The highest BCUT2D eigenvalue weighted by Gasteiger charge is 2.19. The summed E-state index contributed by atoms with van der Waals surface area (Å²) in [6.07, 6.45) is -0.395. The van der Waals surface area contributed by atoms with Gasteiger partial charge in [0.25, 0.3) is 12.3 Å². The molecule has 1 aromatic heterocycles. The third kappa shape index (κ3) is 3.95. The van der Waals surface area contributed by atoms with E-state index < -0.39 is 25.5 Å². The second-order valence-corrected chi connectivity index (χ2v) is 3.30. The summed E-state index contributed by atoms with van der Waals surface area (Å²) in [6, 6.07) is 1.13. The van der Waals surface area contributed by atoms with Gasteiger partial charge < -0.3 is 15.1 Å². The Labute approximate surface area is 96.3 Å². The number of nitrogens with zero attached hydrogens (tertiary/aromatic N) is 2. The maximum atomic E-state index is 12.2. The number of rotatable bonds is 5. The number of halogens is 2. The lowest BCUT2D eigenvalue weighted by molar-refractivity contribution is 0.0508. The number of alkyl halides is 2. The molecule has 1 aromatic rings. The predicted octanol–water partition coefficient (Wildman–Crippen LogP) is 0.487. The van der Waals surface area contributed by atoms with Crippen LogP contribution >= 0.6 is 0 Å². The Hall–Kier alpha value is -1.76. The van der Waals surface area contributed by atoms with Crippen LogP contribution in [-0.4, -0.2) is 52.1 Å². The molecule has 7 heteroatoms. The highest BCUT2D eigenvalue weighted by molar-refractivity contribution is 5.94. The Morgan fingerprint density at radius 2 is 2.18 bits per heavy atom. The lowest BCUT2D eigenvalue weighted by atomic mass is 10.2. The molecule has 5 nitrogen and oxygen atoms in total. The molecule has 1 heterocycles. The molecule has 0 aromatic carbocycles. The van der Waals surface area contributed by atoms with Crippen molar-refractivity contribution in [1.82, 2.24) is 9.88 Å². The molecular formula is C10H12F2N2O3. The van der Waals surface area contributed by atoms with Gasteiger partial charge >= 0.3 is 0 Å². The van der Waals surface area contributed by atoms with Crippen LogP contribution in [0, 0.1) is 0 Å². The van der Waals surface area contributed by atoms with Crippen molar-refractivity contribution < 1.29 is 23.8 Å². The van der Waals surface area contributed by atoms with Gasteiger partial charge in [0, 0.05) is 12.7 Å². The molecule has 0 aliphatic rings. The van der Waals surface area contributed by atoms with Gasteiger partial charge in [-0.05, 0) is 6.07 Å². The molecule has 17 heavy (non-hydrogen) atoms. The highest BCUT2D eigenvalue weighted by atomic mass is 19.3. The minimum Gasteiger partial charge on any atom is -0.506 e. The van der Waals surface area contributed by atoms with Crippen molar-refractivity contribution in [2.45, 2.75) is 6.43 Å². The van der Waals surface area contributed by atoms with Crippen LogP contribution in [0.15, 0.2) is 18.5 Å². The maximum absolute atomic E-state index is 12.2. The van der Waals surface area contributed by atoms with E-state index in [1.54, 1.807) is 0 Å². The zero-order valence-electron chi connectivity index (χ0n) is 8.88. The van der Waals surface area contributed by atoms with Gasteiger partial charge in [0.1, 0.15) is 5.75 Å². The number of carbonyl (C=O) groups excluding carboxylic acids is 1. The average molecular weight is 246 g/mol. The topological polar surface area (TPSA) is 73.7 Å². The van der Waals surface area contributed by atoms with Gasteiger partial charge in [0.05, 0.1) is 24.9 Å². The molecule has 1 rings (SSSR count). The Morgan fingerprint density at radius 1 is 1.47 bits per heavy atom. The van der Waals surface area contributed by atoms with E-state index in [-0.39, 0.29) is 17.9 Å². The Kier molecular flexibility index (Phi) is 4.77. The summed E-state index contributed by atoms with van der Waals surface area (Å²) in [6.45, 7) is -1.38. The van der Waals surface area contributed by atoms with Crippen LogP contribution in [0.1, 0.15) is 10.4 Å². The van der Waals surface area contributed by atoms with Gasteiger partial charge in [0.15, 0.2) is 0 Å². The first-order valence-corrected chi connectivity index (χ1v) is 4.87. The number of pyridine rings is 1. The molecule has 0 atom stereocenters. The summed E-state index contributed by atoms with van der Waals surface area (Å²) in [7, 11) is 0. The third-order valence-corrected chi connectivity index (χ3v) is 1.99. The van der Waals surface area contributed by atoms with Crippen LogP contribution in [0.4, 0.5) is 8.78 Å². The number of hydrogen-bond acceptors (Lipinski definition) is 4. The summed E-state index contributed by atoms with van der Waals surface area (Å²) in [5.74, 6) is -0.931. The maximum Gasteiger partial charge on any atom is 0.255 e. The van der Waals surface area contributed by atoms with Crippen molar-refractivity contribution in [3.05, 3.63) is 24.0 Å². The second kappa shape index (κ2) is 6.09. The van der Waals surface area contributed by atoms with E-state index in [9.17, 15) is 13.6 Å². The van der Waals surface area contributed by atoms with Crippen molar-refractivity contribution in [1.29, 1.82) is 0 Å². The number of carbonyl (C=O) groups is 1. The van der Waals surface area contributed by atoms with Gasteiger partial charge in [0.2, 0.25) is 0 Å². The molecular weight excluding hydrogens is 234 g/mol.